The molecule has 1 spiro atoms. The van der Waals surface area contributed by atoms with Crippen molar-refractivity contribution in [3.05, 3.63) is 61.2 Å². The van der Waals surface area contributed by atoms with Crippen molar-refractivity contribution >= 4 is 33.7 Å². The Bertz CT molecular complexity index is 1180. The number of aliphatic hydroxyl groups excluding tert-OH is 1. The number of carbonyl (C=O) groups excluding carboxylic acids is 3. The summed E-state index contributed by atoms with van der Waals surface area (Å²) in [6.45, 7) is 11.6. The van der Waals surface area contributed by atoms with Crippen molar-refractivity contribution in [1.82, 2.24) is 14.7 Å². The van der Waals surface area contributed by atoms with Crippen molar-refractivity contribution < 1.29 is 33.7 Å². The van der Waals surface area contributed by atoms with E-state index in [1.165, 1.54) is 4.90 Å². The Kier molecular flexibility index (Phi) is 10.4. The highest BCUT2D eigenvalue weighted by molar-refractivity contribution is 9.09. The minimum absolute atomic E-state index is 0.207. The molecule has 4 heterocycles. The van der Waals surface area contributed by atoms with E-state index in [4.69, 9.17) is 14.2 Å². The maximum atomic E-state index is 14.7. The first-order valence-corrected chi connectivity index (χ1v) is 16.1. The summed E-state index contributed by atoms with van der Waals surface area (Å²) in [4.78, 5) is 48.0. The molecule has 10 nitrogen and oxygen atoms in total. The molecule has 1 N–H and O–H groups in total. The van der Waals surface area contributed by atoms with Crippen molar-refractivity contribution in [2.24, 2.45) is 11.8 Å². The Morgan fingerprint density at radius 2 is 1.95 bits per heavy atom. The number of nitrogens with zero attached hydrogens (tertiary/aromatic N) is 3. The van der Waals surface area contributed by atoms with Crippen LogP contribution in [0.3, 0.4) is 0 Å². The standard InChI is InChI=1S/C32H42BrN3O7/c1-3-5-9-17-42-31(40)25-26-29(38)36(24(21-37)22-10-7-6-8-11-22)28(32(26)20-23(33)27(25)43-32)30(39)35(12-4-2)14-13-34-15-18-41-19-16-34/h3-4,6-8,10-11,23-28,37H,1-2,5,9,12-21H2/t23?,24-,25+,26+,27+,28?,32?/m1/s1. The van der Waals surface area contributed by atoms with Crippen molar-refractivity contribution in [3.63, 3.8) is 0 Å². The largest absolute Gasteiger partial charge is 0.465 e. The van der Waals surface area contributed by atoms with Gasteiger partial charge in [-0.05, 0) is 24.8 Å². The molecule has 43 heavy (non-hydrogen) atoms. The molecule has 4 aliphatic rings. The lowest BCUT2D eigenvalue weighted by atomic mass is 9.70. The number of morpholine rings is 1. The highest BCUT2D eigenvalue weighted by atomic mass is 79.9. The van der Waals surface area contributed by atoms with Crippen LogP contribution in [0.4, 0.5) is 0 Å². The number of carbonyl (C=O) groups is 3. The van der Waals surface area contributed by atoms with Crippen molar-refractivity contribution in [2.75, 3.05) is 59.2 Å². The molecule has 0 radical (unpaired) electrons. The fourth-order valence-corrected chi connectivity index (χ4v) is 8.13. The molecule has 7 atom stereocenters. The molecule has 5 rings (SSSR count). The van der Waals surface area contributed by atoms with Crippen LogP contribution in [0.1, 0.15) is 30.9 Å². The van der Waals surface area contributed by atoms with Crippen LogP contribution in [0.2, 0.25) is 0 Å². The first kappa shape index (κ1) is 31.8. The average Bonchev–Trinajstić information content (AvgIpc) is 3.62. The van der Waals surface area contributed by atoms with Gasteiger partial charge in [-0.15, -0.1) is 13.2 Å². The summed E-state index contributed by atoms with van der Waals surface area (Å²) in [7, 11) is 0. The van der Waals surface area contributed by atoms with Gasteiger partial charge in [0.25, 0.3) is 0 Å². The zero-order valence-electron chi connectivity index (χ0n) is 24.5. The summed E-state index contributed by atoms with van der Waals surface area (Å²) >= 11 is 3.71. The number of ether oxygens (including phenoxy) is 3. The fourth-order valence-electron chi connectivity index (χ4n) is 7.19. The Balaban J connectivity index is 1.51. The monoisotopic (exact) mass is 659 g/mol. The molecule has 4 fully saturated rings. The molecule has 0 aliphatic carbocycles. The Hall–Kier alpha value is -2.57. The van der Waals surface area contributed by atoms with E-state index < -0.39 is 48.2 Å². The predicted molar refractivity (Wildman–Crippen MR) is 163 cm³/mol. The summed E-state index contributed by atoms with van der Waals surface area (Å²) in [6, 6.07) is 7.34. The number of benzene rings is 1. The minimum Gasteiger partial charge on any atom is -0.465 e. The number of hydrogen-bond acceptors (Lipinski definition) is 8. The van der Waals surface area contributed by atoms with Gasteiger partial charge in [-0.3, -0.25) is 19.3 Å². The Morgan fingerprint density at radius 1 is 1.21 bits per heavy atom. The van der Waals surface area contributed by atoms with Crippen LogP contribution in [0, 0.1) is 11.8 Å². The van der Waals surface area contributed by atoms with Crippen LogP contribution < -0.4 is 0 Å². The number of esters is 1. The molecule has 1 aromatic rings. The third-order valence-corrected chi connectivity index (χ3v) is 10.0. The lowest BCUT2D eigenvalue weighted by Crippen LogP contribution is -2.58. The zero-order valence-corrected chi connectivity index (χ0v) is 26.1. The second kappa shape index (κ2) is 14.0. The first-order chi connectivity index (χ1) is 20.9. The van der Waals surface area contributed by atoms with E-state index in [1.54, 1.807) is 17.1 Å². The molecule has 2 amide bonds. The number of fused-ring (bicyclic) bond motifs is 1. The summed E-state index contributed by atoms with van der Waals surface area (Å²) < 4.78 is 17.8. The zero-order chi connectivity index (χ0) is 30.6. The van der Waals surface area contributed by atoms with E-state index in [0.717, 1.165) is 13.1 Å². The number of aliphatic hydroxyl groups is 1. The van der Waals surface area contributed by atoms with Gasteiger partial charge in [-0.1, -0.05) is 58.4 Å². The molecule has 0 saturated carbocycles. The van der Waals surface area contributed by atoms with E-state index in [0.29, 0.717) is 51.1 Å². The third-order valence-electron chi connectivity index (χ3n) is 9.17. The van der Waals surface area contributed by atoms with Crippen LogP contribution in [-0.2, 0) is 28.6 Å². The summed E-state index contributed by atoms with van der Waals surface area (Å²) in [5, 5.41) is 10.7. The highest BCUT2D eigenvalue weighted by Crippen LogP contribution is 2.61. The SMILES string of the molecule is C=CCCCOC(=O)[C@H]1[C@H]2C(=O)N([C@H](CO)c3ccccc3)C(C(=O)N(CC=C)CCN3CCOCC3)C23CC(Br)[C@@H]1O3. The molecule has 3 unspecified atom stereocenters. The lowest BCUT2D eigenvalue weighted by Gasteiger charge is -2.40. The van der Waals surface area contributed by atoms with Crippen molar-refractivity contribution in [2.45, 2.75) is 47.9 Å². The number of unbranched alkanes of at least 4 members (excludes halogenated alkanes) is 1. The highest BCUT2D eigenvalue weighted by Gasteiger charge is 2.77. The smallest absolute Gasteiger partial charge is 0.312 e. The summed E-state index contributed by atoms with van der Waals surface area (Å²) in [5.74, 6) is -2.93. The van der Waals surface area contributed by atoms with E-state index >= 15 is 0 Å². The molecular formula is C32H42BrN3O7. The maximum absolute atomic E-state index is 14.7. The van der Waals surface area contributed by atoms with Gasteiger partial charge >= 0.3 is 5.97 Å². The second-order valence-electron chi connectivity index (χ2n) is 11.6. The molecule has 4 aliphatic heterocycles. The summed E-state index contributed by atoms with van der Waals surface area (Å²) in [6.07, 6.45) is 4.54. The number of allylic oxidation sites excluding steroid dienone is 1. The van der Waals surface area contributed by atoms with Gasteiger partial charge in [0.2, 0.25) is 11.8 Å². The number of halogens is 1. The van der Waals surface area contributed by atoms with Crippen molar-refractivity contribution in [1.29, 1.82) is 0 Å². The molecule has 0 aromatic heterocycles. The first-order valence-electron chi connectivity index (χ1n) is 15.1. The second-order valence-corrected chi connectivity index (χ2v) is 12.8. The average molecular weight is 661 g/mol. The Labute approximate surface area is 261 Å². The quantitative estimate of drug-likeness (QED) is 0.140. The lowest BCUT2D eigenvalue weighted by molar-refractivity contribution is -0.156. The number of likely N-dealkylation sites (tertiary alicyclic amines) is 1. The van der Waals surface area contributed by atoms with Crippen LogP contribution in [0.15, 0.2) is 55.6 Å². The molecule has 1 aromatic carbocycles. The van der Waals surface area contributed by atoms with Crippen molar-refractivity contribution in [3.8, 4) is 0 Å². The molecular weight excluding hydrogens is 618 g/mol. The normalized spacial score (nSPS) is 30.6. The van der Waals surface area contributed by atoms with Gasteiger partial charge < -0.3 is 29.1 Å². The van der Waals surface area contributed by atoms with Gasteiger partial charge in [0.05, 0.1) is 50.4 Å². The van der Waals surface area contributed by atoms with Crippen LogP contribution in [-0.4, -0.2) is 119 Å². The Morgan fingerprint density at radius 3 is 2.63 bits per heavy atom. The number of alkyl halides is 1. The van der Waals surface area contributed by atoms with Gasteiger partial charge in [-0.25, -0.2) is 0 Å². The van der Waals surface area contributed by atoms with Gasteiger partial charge in [0.15, 0.2) is 0 Å². The predicted octanol–water partition coefficient (Wildman–Crippen LogP) is 2.32. The third kappa shape index (κ3) is 6.07. The van der Waals surface area contributed by atoms with E-state index in [9.17, 15) is 19.5 Å². The molecule has 4 saturated heterocycles. The number of amides is 2. The van der Waals surface area contributed by atoms with Gasteiger partial charge in [0, 0.05) is 37.6 Å². The number of rotatable bonds is 14. The van der Waals surface area contributed by atoms with E-state index in [2.05, 4.69) is 34.0 Å². The van der Waals surface area contributed by atoms with Gasteiger partial charge in [0.1, 0.15) is 11.6 Å². The molecule has 11 heteroatoms. The maximum Gasteiger partial charge on any atom is 0.312 e. The fraction of sp³-hybridized carbons (Fsp3) is 0.594. The molecule has 234 valence electrons. The van der Waals surface area contributed by atoms with E-state index in [-0.39, 0.29) is 29.8 Å². The molecule has 2 bridgehead atoms. The van der Waals surface area contributed by atoms with Crippen LogP contribution in [0.25, 0.3) is 0 Å². The van der Waals surface area contributed by atoms with Crippen LogP contribution in [0.5, 0.6) is 0 Å². The van der Waals surface area contributed by atoms with Gasteiger partial charge in [-0.2, -0.15) is 0 Å². The minimum atomic E-state index is -1.25. The van der Waals surface area contributed by atoms with Crippen LogP contribution >= 0.6 is 15.9 Å². The summed E-state index contributed by atoms with van der Waals surface area (Å²) in [5.41, 5.74) is -0.553. The van der Waals surface area contributed by atoms with E-state index in [1.807, 2.05) is 30.3 Å². The topological polar surface area (TPSA) is 109 Å². The number of hydrogen-bond donors (Lipinski definition) is 1.